The molecule has 1 aromatic rings. The van der Waals surface area contributed by atoms with Crippen LogP contribution in [0.25, 0.3) is 0 Å². The fourth-order valence-corrected chi connectivity index (χ4v) is 7.31. The topological polar surface area (TPSA) is 49.4 Å². The zero-order valence-electron chi connectivity index (χ0n) is 19.2. The van der Waals surface area contributed by atoms with Crippen molar-refractivity contribution in [2.24, 2.45) is 35.5 Å². The van der Waals surface area contributed by atoms with Crippen LogP contribution in [-0.2, 0) is 4.79 Å². The maximum absolute atomic E-state index is 13.0. The predicted octanol–water partition coefficient (Wildman–Crippen LogP) is 5.07. The van der Waals surface area contributed by atoms with Gasteiger partial charge in [0.1, 0.15) is 5.78 Å². The lowest BCUT2D eigenvalue weighted by molar-refractivity contribution is -0.120. The van der Waals surface area contributed by atoms with Crippen molar-refractivity contribution in [3.63, 3.8) is 0 Å². The van der Waals surface area contributed by atoms with Gasteiger partial charge in [-0.3, -0.25) is 9.59 Å². The summed E-state index contributed by atoms with van der Waals surface area (Å²) in [5, 5.41) is 3.42. The summed E-state index contributed by atoms with van der Waals surface area (Å²) in [5.41, 5.74) is 1.95. The molecule has 0 radical (unpaired) electrons. The minimum atomic E-state index is 0.0996. The lowest BCUT2D eigenvalue weighted by Gasteiger charge is -2.54. The number of nitrogens with one attached hydrogen (secondary N) is 1. The molecule has 1 amide bonds. The van der Waals surface area contributed by atoms with Crippen LogP contribution < -0.4 is 10.2 Å². The molecule has 1 saturated heterocycles. The number of carbonyl (C=O) groups is 2. The van der Waals surface area contributed by atoms with E-state index >= 15 is 0 Å². The molecule has 1 aromatic carbocycles. The highest BCUT2D eigenvalue weighted by molar-refractivity contribution is 5.94. The Morgan fingerprint density at radius 1 is 1.00 bits per heavy atom. The summed E-state index contributed by atoms with van der Waals surface area (Å²) in [5.74, 6) is 4.69. The summed E-state index contributed by atoms with van der Waals surface area (Å²) < 4.78 is 0. The molecule has 4 aliphatic carbocycles. The molecule has 1 aliphatic heterocycles. The number of rotatable bonds is 7. The van der Waals surface area contributed by atoms with Crippen LogP contribution in [0.3, 0.4) is 0 Å². The molecule has 5 aliphatic rings. The largest absolute Gasteiger partial charge is 0.371 e. The van der Waals surface area contributed by atoms with Crippen LogP contribution >= 0.6 is 0 Å². The average molecular weight is 423 g/mol. The molecule has 1 N–H and O–H groups in total. The molecule has 1 atom stereocenters. The first-order valence-corrected chi connectivity index (χ1v) is 12.6. The highest BCUT2D eigenvalue weighted by Crippen LogP contribution is 2.53. The minimum absolute atomic E-state index is 0.0996. The third-order valence-electron chi connectivity index (χ3n) is 8.46. The van der Waals surface area contributed by atoms with E-state index in [0.29, 0.717) is 48.3 Å². The molecule has 168 valence electrons. The maximum Gasteiger partial charge on any atom is 0.251 e. The van der Waals surface area contributed by atoms with Crippen LogP contribution in [0.1, 0.15) is 75.6 Å². The summed E-state index contributed by atoms with van der Waals surface area (Å²) >= 11 is 0. The van der Waals surface area contributed by atoms with Crippen LogP contribution in [0.5, 0.6) is 0 Å². The number of Topliss-reactive ketones (excluding diaryl/α,β-unsaturated/α-hetero) is 1. The van der Waals surface area contributed by atoms with Crippen molar-refractivity contribution < 1.29 is 9.59 Å². The predicted molar refractivity (Wildman–Crippen MR) is 124 cm³/mol. The number of hydrogen-bond donors (Lipinski definition) is 1. The Morgan fingerprint density at radius 3 is 2.26 bits per heavy atom. The Hall–Kier alpha value is -1.84. The van der Waals surface area contributed by atoms with Crippen molar-refractivity contribution >= 4 is 17.4 Å². The summed E-state index contributed by atoms with van der Waals surface area (Å²) in [6.45, 7) is 6.17. The fraction of sp³-hybridized carbons (Fsp3) is 0.704. The molecule has 0 spiro atoms. The van der Waals surface area contributed by atoms with Crippen molar-refractivity contribution in [2.45, 2.75) is 71.3 Å². The van der Waals surface area contributed by atoms with E-state index in [-0.39, 0.29) is 5.91 Å². The standard InChI is InChI=1S/C27H38N2O2/c1-17(2)9-25(30)15-18-7-8-29(16-18)24-5-3-21(4-6-24)27(31)28-26-22-11-19-10-20(13-22)14-23(26)12-19/h3-6,17-20,22-23,26H,7-16H2,1-2H3,(H,28,31)/t18-,19?,20?,22?,23?,26?/m0/s1. The Kier molecular flexibility index (Phi) is 5.83. The Bertz CT molecular complexity index is 787. The molecule has 4 heteroatoms. The van der Waals surface area contributed by atoms with Gasteiger partial charge in [0, 0.05) is 43.2 Å². The summed E-state index contributed by atoms with van der Waals surface area (Å²) in [6.07, 6.45) is 9.24. The van der Waals surface area contributed by atoms with Gasteiger partial charge < -0.3 is 10.2 Å². The van der Waals surface area contributed by atoms with Crippen molar-refractivity contribution in [3.05, 3.63) is 29.8 Å². The molecule has 4 bridgehead atoms. The van der Waals surface area contributed by atoms with E-state index in [1.165, 1.54) is 37.8 Å². The SMILES string of the molecule is CC(C)CC(=O)C[C@@H]1CCN(c2ccc(C(=O)NC3C4CC5CC(C4)CC3C5)cc2)C1. The van der Waals surface area contributed by atoms with Crippen molar-refractivity contribution in [1.29, 1.82) is 0 Å². The number of carbonyl (C=O) groups excluding carboxylic acids is 2. The quantitative estimate of drug-likeness (QED) is 0.667. The smallest absolute Gasteiger partial charge is 0.251 e. The van der Waals surface area contributed by atoms with Gasteiger partial charge in [-0.15, -0.1) is 0 Å². The molecule has 6 rings (SSSR count). The van der Waals surface area contributed by atoms with Gasteiger partial charge in [-0.25, -0.2) is 0 Å². The second kappa shape index (κ2) is 8.60. The van der Waals surface area contributed by atoms with E-state index in [1.54, 1.807) is 0 Å². The van der Waals surface area contributed by atoms with E-state index in [1.807, 2.05) is 12.1 Å². The van der Waals surface area contributed by atoms with E-state index in [2.05, 4.69) is 36.2 Å². The molecular formula is C27H38N2O2. The molecule has 31 heavy (non-hydrogen) atoms. The molecule has 0 aromatic heterocycles. The summed E-state index contributed by atoms with van der Waals surface area (Å²) in [4.78, 5) is 27.5. The van der Waals surface area contributed by atoms with E-state index < -0.39 is 0 Å². The molecule has 0 unspecified atom stereocenters. The Morgan fingerprint density at radius 2 is 1.65 bits per heavy atom. The monoisotopic (exact) mass is 422 g/mol. The van der Waals surface area contributed by atoms with Gasteiger partial charge in [0.25, 0.3) is 5.91 Å². The fourth-order valence-electron chi connectivity index (χ4n) is 7.31. The zero-order valence-corrected chi connectivity index (χ0v) is 19.2. The van der Waals surface area contributed by atoms with E-state index in [9.17, 15) is 9.59 Å². The van der Waals surface area contributed by atoms with Crippen LogP contribution in [0.4, 0.5) is 5.69 Å². The number of ketones is 1. The van der Waals surface area contributed by atoms with Crippen LogP contribution in [-0.4, -0.2) is 30.8 Å². The number of benzene rings is 1. The van der Waals surface area contributed by atoms with Crippen LogP contribution in [0.15, 0.2) is 24.3 Å². The maximum atomic E-state index is 13.0. The molecular weight excluding hydrogens is 384 g/mol. The molecule has 4 saturated carbocycles. The van der Waals surface area contributed by atoms with Crippen molar-refractivity contribution in [2.75, 3.05) is 18.0 Å². The van der Waals surface area contributed by atoms with E-state index in [0.717, 1.165) is 36.9 Å². The lowest BCUT2D eigenvalue weighted by Crippen LogP contribution is -2.55. The van der Waals surface area contributed by atoms with Crippen molar-refractivity contribution in [3.8, 4) is 0 Å². The number of anilines is 1. The average Bonchev–Trinajstić information content (AvgIpc) is 3.18. The summed E-state index contributed by atoms with van der Waals surface area (Å²) in [7, 11) is 0. The first kappa shape index (κ1) is 21.0. The minimum Gasteiger partial charge on any atom is -0.371 e. The summed E-state index contributed by atoms with van der Waals surface area (Å²) in [6, 6.07) is 8.53. The van der Waals surface area contributed by atoms with Gasteiger partial charge in [0.2, 0.25) is 0 Å². The van der Waals surface area contributed by atoms with Gasteiger partial charge in [-0.1, -0.05) is 13.8 Å². The second-order valence-electron chi connectivity index (χ2n) is 11.4. The number of nitrogens with zero attached hydrogens (tertiary/aromatic N) is 1. The number of hydrogen-bond acceptors (Lipinski definition) is 3. The van der Waals surface area contributed by atoms with Gasteiger partial charge >= 0.3 is 0 Å². The second-order valence-corrected chi connectivity index (χ2v) is 11.4. The van der Waals surface area contributed by atoms with Gasteiger partial charge in [-0.05, 0) is 98.3 Å². The Balaban J connectivity index is 1.15. The lowest BCUT2D eigenvalue weighted by atomic mass is 9.54. The zero-order chi connectivity index (χ0) is 21.5. The molecule has 1 heterocycles. The number of amides is 1. The van der Waals surface area contributed by atoms with Gasteiger partial charge in [0.05, 0.1) is 0 Å². The Labute approximate surface area is 187 Å². The molecule has 5 fully saturated rings. The van der Waals surface area contributed by atoms with Gasteiger partial charge in [-0.2, -0.15) is 0 Å². The van der Waals surface area contributed by atoms with Gasteiger partial charge in [0.15, 0.2) is 0 Å². The molecule has 4 nitrogen and oxygen atoms in total. The van der Waals surface area contributed by atoms with Crippen LogP contribution in [0.2, 0.25) is 0 Å². The normalized spacial score (nSPS) is 33.8. The van der Waals surface area contributed by atoms with Crippen molar-refractivity contribution in [1.82, 2.24) is 5.32 Å². The third-order valence-corrected chi connectivity index (χ3v) is 8.46. The third kappa shape index (κ3) is 4.54. The first-order chi connectivity index (χ1) is 14.9. The first-order valence-electron chi connectivity index (χ1n) is 12.6. The van der Waals surface area contributed by atoms with E-state index in [4.69, 9.17) is 0 Å². The van der Waals surface area contributed by atoms with Crippen LogP contribution in [0, 0.1) is 35.5 Å². The highest BCUT2D eigenvalue weighted by Gasteiger charge is 2.48. The highest BCUT2D eigenvalue weighted by atomic mass is 16.1.